The monoisotopic (exact) mass is 239 g/mol. The molecule has 0 bridgehead atoms. The molecule has 0 aliphatic carbocycles. The van der Waals surface area contributed by atoms with Crippen LogP contribution in [0.5, 0.6) is 0 Å². The average Bonchev–Trinajstić information content (AvgIpc) is 2.19. The molecule has 1 aromatic rings. The number of hydrogen-bond acceptors (Lipinski definition) is 2. The van der Waals surface area contributed by atoms with Gasteiger partial charge in [0.2, 0.25) is 6.16 Å². The fourth-order valence-electron chi connectivity index (χ4n) is 1.18. The summed E-state index contributed by atoms with van der Waals surface area (Å²) >= 11 is 0. The highest BCUT2D eigenvalue weighted by atomic mass is 31.1. The Kier molecular flexibility index (Phi) is 4.35. The van der Waals surface area contributed by atoms with Crippen LogP contribution in [-0.2, 0) is 9.36 Å². The molecule has 4 nitrogen and oxygen atoms in total. The van der Waals surface area contributed by atoms with Gasteiger partial charge in [0.1, 0.15) is 0 Å². The van der Waals surface area contributed by atoms with E-state index in [1.54, 1.807) is 12.1 Å². The third-order valence-electron chi connectivity index (χ3n) is 2.00. The maximum atomic E-state index is 10.8. The van der Waals surface area contributed by atoms with E-state index in [1.165, 1.54) is 6.08 Å². The molecule has 1 aromatic carbocycles. The molecule has 0 spiro atoms. The Hall–Kier alpha value is -1.51. The zero-order chi connectivity index (χ0) is 12.1. The van der Waals surface area contributed by atoms with Crippen molar-refractivity contribution < 1.29 is 19.4 Å². The van der Waals surface area contributed by atoms with Crippen molar-refractivity contribution in [2.24, 2.45) is 0 Å². The second-order valence-corrected chi connectivity index (χ2v) is 4.42. The fraction of sp³-hybridized carbons (Fsp3) is 0.182. The second-order valence-electron chi connectivity index (χ2n) is 3.40. The Labute approximate surface area is 94.1 Å². The normalized spacial score (nSPS) is 12.4. The topological polar surface area (TPSA) is 74.6 Å². The minimum absolute atomic E-state index is 0.0625. The van der Waals surface area contributed by atoms with Crippen LogP contribution in [0.1, 0.15) is 11.1 Å². The summed E-state index contributed by atoms with van der Waals surface area (Å²) in [6.07, 6.45) is 1.07. The predicted octanol–water partition coefficient (Wildman–Crippen LogP) is 2.20. The van der Waals surface area contributed by atoms with E-state index in [9.17, 15) is 9.36 Å². The first-order valence-corrected chi connectivity index (χ1v) is 6.03. The first kappa shape index (κ1) is 12.6. The van der Waals surface area contributed by atoms with E-state index in [0.29, 0.717) is 5.56 Å². The zero-order valence-electron chi connectivity index (χ0n) is 8.75. The maximum Gasteiger partial charge on any atom is 0.510 e. The van der Waals surface area contributed by atoms with Crippen LogP contribution in [0.4, 0.5) is 0 Å². The minimum atomic E-state index is -2.47. The third-order valence-corrected chi connectivity index (χ3v) is 2.61. The van der Waals surface area contributed by atoms with E-state index < -0.39 is 14.0 Å². The van der Waals surface area contributed by atoms with Crippen LogP contribution >= 0.6 is 8.03 Å². The Balaban J connectivity index is 2.97. The molecule has 1 atom stereocenters. The van der Waals surface area contributed by atoms with Crippen molar-refractivity contribution in [3.05, 3.63) is 41.0 Å². The summed E-state index contributed by atoms with van der Waals surface area (Å²) < 4.78 is 10.6. The molecule has 0 aromatic heterocycles. The summed E-state index contributed by atoms with van der Waals surface area (Å²) in [5.74, 6) is -1.17. The van der Waals surface area contributed by atoms with Crippen molar-refractivity contribution >= 4 is 20.1 Å². The Morgan fingerprint density at radius 3 is 2.38 bits per heavy atom. The molecule has 0 saturated carbocycles. The van der Waals surface area contributed by atoms with Crippen LogP contribution in [-0.4, -0.2) is 22.1 Å². The SMILES string of the molecule is Cc1ccc(/C=C(\C[P+](=O)O)C(=O)O)cc1. The molecule has 0 aliphatic heterocycles. The van der Waals surface area contributed by atoms with E-state index in [4.69, 9.17) is 10.00 Å². The van der Waals surface area contributed by atoms with Gasteiger partial charge in [-0.1, -0.05) is 29.8 Å². The highest BCUT2D eigenvalue weighted by molar-refractivity contribution is 7.38. The van der Waals surface area contributed by atoms with Crippen LogP contribution in [0.15, 0.2) is 29.8 Å². The summed E-state index contributed by atoms with van der Waals surface area (Å²) in [5.41, 5.74) is 1.72. The molecule has 5 heteroatoms. The lowest BCUT2D eigenvalue weighted by atomic mass is 10.1. The lowest BCUT2D eigenvalue weighted by molar-refractivity contribution is -0.132. The Morgan fingerprint density at radius 2 is 1.94 bits per heavy atom. The molecule has 84 valence electrons. The van der Waals surface area contributed by atoms with Crippen molar-refractivity contribution in [1.82, 2.24) is 0 Å². The highest BCUT2D eigenvalue weighted by Crippen LogP contribution is 2.20. The molecule has 0 amide bonds. The quantitative estimate of drug-likeness (QED) is 0.623. The molecule has 0 aliphatic rings. The predicted molar refractivity (Wildman–Crippen MR) is 61.5 cm³/mol. The molecule has 16 heavy (non-hydrogen) atoms. The van der Waals surface area contributed by atoms with E-state index in [2.05, 4.69) is 0 Å². The smallest absolute Gasteiger partial charge is 0.478 e. The number of aryl methyl sites for hydroxylation is 1. The largest absolute Gasteiger partial charge is 0.510 e. The third kappa shape index (κ3) is 3.93. The average molecular weight is 239 g/mol. The highest BCUT2D eigenvalue weighted by Gasteiger charge is 2.20. The van der Waals surface area contributed by atoms with Gasteiger partial charge in [-0.15, -0.1) is 0 Å². The van der Waals surface area contributed by atoms with Gasteiger partial charge in [0.25, 0.3) is 0 Å². The van der Waals surface area contributed by atoms with E-state index >= 15 is 0 Å². The minimum Gasteiger partial charge on any atom is -0.478 e. The lowest BCUT2D eigenvalue weighted by Gasteiger charge is -1.97. The summed E-state index contributed by atoms with van der Waals surface area (Å²) in [7, 11) is -2.47. The van der Waals surface area contributed by atoms with Crippen molar-refractivity contribution in [3.63, 3.8) is 0 Å². The maximum absolute atomic E-state index is 10.8. The number of rotatable bonds is 4. The standard InChI is InChI=1S/C11H11O4P/c1-8-2-4-9(5-3-8)6-10(11(12)13)7-16(14)15/h2-6H,7H2,1H3,(H-,12,13,14,15)/p+1/b10-6+. The van der Waals surface area contributed by atoms with Crippen molar-refractivity contribution in [2.75, 3.05) is 6.16 Å². The van der Waals surface area contributed by atoms with E-state index in [1.807, 2.05) is 19.1 Å². The van der Waals surface area contributed by atoms with Crippen molar-refractivity contribution in [3.8, 4) is 0 Å². The number of carbonyl (C=O) groups is 1. The summed E-state index contributed by atoms with van der Waals surface area (Å²) in [4.78, 5) is 19.5. The van der Waals surface area contributed by atoms with Crippen LogP contribution in [0.25, 0.3) is 6.08 Å². The molecule has 0 saturated heterocycles. The first-order valence-electron chi connectivity index (χ1n) is 4.63. The molecule has 0 heterocycles. The lowest BCUT2D eigenvalue weighted by Crippen LogP contribution is -2.02. The Bertz CT molecular complexity index is 434. The summed E-state index contributed by atoms with van der Waals surface area (Å²) in [6.45, 7) is 1.93. The van der Waals surface area contributed by atoms with Crippen LogP contribution in [0.2, 0.25) is 0 Å². The van der Waals surface area contributed by atoms with Crippen LogP contribution in [0.3, 0.4) is 0 Å². The molecular weight excluding hydrogens is 227 g/mol. The number of carboxylic acids is 1. The van der Waals surface area contributed by atoms with Gasteiger partial charge in [-0.05, 0) is 23.1 Å². The van der Waals surface area contributed by atoms with E-state index in [-0.39, 0.29) is 11.7 Å². The second kappa shape index (κ2) is 5.54. The van der Waals surface area contributed by atoms with Gasteiger partial charge < -0.3 is 5.11 Å². The van der Waals surface area contributed by atoms with Gasteiger partial charge >= 0.3 is 14.0 Å². The molecule has 0 radical (unpaired) electrons. The fourth-order valence-corrected chi connectivity index (χ4v) is 1.70. The summed E-state index contributed by atoms with van der Waals surface area (Å²) in [6, 6.07) is 7.24. The van der Waals surface area contributed by atoms with Crippen molar-refractivity contribution in [2.45, 2.75) is 6.92 Å². The zero-order valence-corrected chi connectivity index (χ0v) is 9.65. The van der Waals surface area contributed by atoms with Gasteiger partial charge in [0.05, 0.1) is 5.57 Å². The van der Waals surface area contributed by atoms with Gasteiger partial charge in [-0.3, -0.25) is 0 Å². The number of hydrogen-bond donors (Lipinski definition) is 2. The molecule has 1 unspecified atom stereocenters. The molecule has 1 rings (SSSR count). The van der Waals surface area contributed by atoms with Gasteiger partial charge in [-0.25, -0.2) is 4.79 Å². The van der Waals surface area contributed by atoms with Gasteiger partial charge in [-0.2, -0.15) is 4.89 Å². The van der Waals surface area contributed by atoms with Crippen LogP contribution < -0.4 is 0 Å². The van der Waals surface area contributed by atoms with Gasteiger partial charge in [0, 0.05) is 0 Å². The van der Waals surface area contributed by atoms with Crippen LogP contribution in [0, 0.1) is 6.92 Å². The molecular formula is C11H12O4P+. The number of carboxylic acid groups (broad SMARTS) is 1. The molecule has 0 fully saturated rings. The number of aliphatic carboxylic acids is 1. The Morgan fingerprint density at radius 1 is 1.38 bits per heavy atom. The first-order chi connectivity index (χ1) is 7.49. The number of benzene rings is 1. The van der Waals surface area contributed by atoms with Crippen molar-refractivity contribution in [1.29, 1.82) is 0 Å². The molecule has 2 N–H and O–H groups in total. The summed E-state index contributed by atoms with van der Waals surface area (Å²) in [5, 5.41) is 8.83. The van der Waals surface area contributed by atoms with E-state index in [0.717, 1.165) is 5.56 Å². The van der Waals surface area contributed by atoms with Gasteiger partial charge in [0.15, 0.2) is 0 Å².